The standard InChI is InChI=1S/C27H38N6O3/c1-4-20-17-36-15-14-33(20)22-9-8-19(16-28-22)30-26(35)24(31-25(34)21-10-13-29-32(21)3)23(18-6-5-7-18)27(2)11-12-27/h8-10,13,16,18,20,23-24H,4-7,11-12,14-15,17H2,1-3H3,(H,30,35)(H,31,34)/t20-,23?,24+/m1/s1. The van der Waals surface area contributed by atoms with Crippen LogP contribution in [0.1, 0.15) is 62.9 Å². The van der Waals surface area contributed by atoms with Gasteiger partial charge in [-0.15, -0.1) is 0 Å². The molecule has 1 saturated heterocycles. The first-order valence-corrected chi connectivity index (χ1v) is 13.3. The summed E-state index contributed by atoms with van der Waals surface area (Å²) in [5, 5.41) is 10.3. The molecular formula is C27H38N6O3. The van der Waals surface area contributed by atoms with Gasteiger partial charge in [-0.25, -0.2) is 4.98 Å². The van der Waals surface area contributed by atoms with Gasteiger partial charge in [-0.05, 0) is 54.7 Å². The predicted octanol–water partition coefficient (Wildman–Crippen LogP) is 3.38. The van der Waals surface area contributed by atoms with Crippen molar-refractivity contribution in [2.45, 2.75) is 64.5 Å². The van der Waals surface area contributed by atoms with Gasteiger partial charge in [0.25, 0.3) is 5.91 Å². The molecule has 2 aromatic rings. The second-order valence-corrected chi connectivity index (χ2v) is 10.9. The Morgan fingerprint density at radius 3 is 2.64 bits per heavy atom. The third-order valence-electron chi connectivity index (χ3n) is 8.49. The minimum atomic E-state index is -0.617. The zero-order valence-electron chi connectivity index (χ0n) is 21.6. The Morgan fingerprint density at radius 2 is 2.06 bits per heavy atom. The number of aryl methyl sites for hydroxylation is 1. The van der Waals surface area contributed by atoms with Gasteiger partial charge in [0.05, 0.1) is 31.1 Å². The Labute approximate surface area is 213 Å². The number of aromatic nitrogens is 3. The van der Waals surface area contributed by atoms with E-state index >= 15 is 0 Å². The summed E-state index contributed by atoms with van der Waals surface area (Å²) in [4.78, 5) is 33.8. The lowest BCUT2D eigenvalue weighted by molar-refractivity contribution is -0.121. The molecule has 0 spiro atoms. The van der Waals surface area contributed by atoms with E-state index in [0.29, 0.717) is 36.6 Å². The van der Waals surface area contributed by atoms with Crippen molar-refractivity contribution < 1.29 is 14.3 Å². The maximum atomic E-state index is 13.7. The van der Waals surface area contributed by atoms with Gasteiger partial charge in [-0.3, -0.25) is 14.3 Å². The molecule has 3 fully saturated rings. The number of morpholine rings is 1. The summed E-state index contributed by atoms with van der Waals surface area (Å²) >= 11 is 0. The van der Waals surface area contributed by atoms with Crippen molar-refractivity contribution in [3.05, 3.63) is 36.3 Å². The summed E-state index contributed by atoms with van der Waals surface area (Å²) in [6, 6.07) is 5.23. The first-order chi connectivity index (χ1) is 17.4. The molecule has 2 N–H and O–H groups in total. The number of hydrogen-bond donors (Lipinski definition) is 2. The number of nitrogens with zero attached hydrogens (tertiary/aromatic N) is 4. The highest BCUT2D eigenvalue weighted by Crippen LogP contribution is 2.58. The number of anilines is 2. The van der Waals surface area contributed by atoms with Crippen LogP contribution in [-0.2, 0) is 16.6 Å². The van der Waals surface area contributed by atoms with Crippen LogP contribution in [0.2, 0.25) is 0 Å². The van der Waals surface area contributed by atoms with Crippen LogP contribution in [0.25, 0.3) is 0 Å². The number of carbonyl (C=O) groups is 2. The van der Waals surface area contributed by atoms with Crippen molar-refractivity contribution in [2.24, 2.45) is 24.3 Å². The second kappa shape index (κ2) is 10.2. The molecule has 3 aliphatic rings. The molecule has 2 amide bonds. The fourth-order valence-electron chi connectivity index (χ4n) is 5.85. The van der Waals surface area contributed by atoms with E-state index in [2.05, 4.69) is 39.5 Å². The van der Waals surface area contributed by atoms with Gasteiger partial charge < -0.3 is 20.3 Å². The number of ether oxygens (including phenoxy) is 1. The van der Waals surface area contributed by atoms with E-state index in [0.717, 1.165) is 44.5 Å². The lowest BCUT2D eigenvalue weighted by Crippen LogP contribution is -2.54. The van der Waals surface area contributed by atoms with Crippen LogP contribution in [-0.4, -0.2) is 58.4 Å². The topological polar surface area (TPSA) is 101 Å². The molecule has 0 radical (unpaired) electrons. The minimum Gasteiger partial charge on any atom is -0.377 e. The lowest BCUT2D eigenvalue weighted by Gasteiger charge is -2.42. The molecule has 36 heavy (non-hydrogen) atoms. The number of pyridine rings is 1. The zero-order chi connectivity index (χ0) is 25.3. The quantitative estimate of drug-likeness (QED) is 0.554. The van der Waals surface area contributed by atoms with Gasteiger partial charge in [0, 0.05) is 19.8 Å². The van der Waals surface area contributed by atoms with Crippen molar-refractivity contribution in [3.8, 4) is 0 Å². The lowest BCUT2D eigenvalue weighted by atomic mass is 9.66. The molecule has 5 rings (SSSR count). The van der Waals surface area contributed by atoms with Crippen molar-refractivity contribution in [1.82, 2.24) is 20.1 Å². The van der Waals surface area contributed by atoms with Gasteiger partial charge in [0.2, 0.25) is 5.91 Å². The Balaban J connectivity index is 1.35. The molecule has 0 bridgehead atoms. The summed E-state index contributed by atoms with van der Waals surface area (Å²) < 4.78 is 7.16. The van der Waals surface area contributed by atoms with Gasteiger partial charge in [0.1, 0.15) is 17.6 Å². The number of nitrogens with one attached hydrogen (secondary N) is 2. The number of hydrogen-bond acceptors (Lipinski definition) is 6. The minimum absolute atomic E-state index is 0.0838. The third-order valence-corrected chi connectivity index (χ3v) is 8.49. The molecule has 3 heterocycles. The molecule has 9 heteroatoms. The largest absolute Gasteiger partial charge is 0.377 e. The first-order valence-electron chi connectivity index (χ1n) is 13.3. The van der Waals surface area contributed by atoms with Crippen LogP contribution in [0, 0.1) is 17.3 Å². The zero-order valence-corrected chi connectivity index (χ0v) is 21.6. The molecule has 3 atom stereocenters. The molecule has 194 valence electrons. The van der Waals surface area contributed by atoms with Crippen molar-refractivity contribution in [2.75, 3.05) is 30.0 Å². The van der Waals surface area contributed by atoms with Crippen LogP contribution in [0.15, 0.2) is 30.6 Å². The van der Waals surface area contributed by atoms with E-state index < -0.39 is 6.04 Å². The Kier molecular flexibility index (Phi) is 7.01. The van der Waals surface area contributed by atoms with E-state index in [1.54, 1.807) is 30.2 Å². The summed E-state index contributed by atoms with van der Waals surface area (Å²) in [6.45, 7) is 6.61. The first kappa shape index (κ1) is 24.7. The molecule has 1 unspecified atom stereocenters. The van der Waals surface area contributed by atoms with E-state index in [-0.39, 0.29) is 23.1 Å². The molecule has 1 aliphatic heterocycles. The normalized spacial score (nSPS) is 22.9. The fraction of sp³-hybridized carbons (Fsp3) is 0.630. The Morgan fingerprint density at radius 1 is 1.25 bits per heavy atom. The summed E-state index contributed by atoms with van der Waals surface area (Å²) in [6.07, 6.45) is 9.89. The van der Waals surface area contributed by atoms with Crippen LogP contribution in [0.5, 0.6) is 0 Å². The maximum absolute atomic E-state index is 13.7. The average Bonchev–Trinajstić information content (AvgIpc) is 3.45. The van der Waals surface area contributed by atoms with Crippen LogP contribution < -0.4 is 15.5 Å². The van der Waals surface area contributed by atoms with Crippen LogP contribution in [0.3, 0.4) is 0 Å². The molecule has 2 aliphatic carbocycles. The van der Waals surface area contributed by atoms with Crippen molar-refractivity contribution >= 4 is 23.3 Å². The van der Waals surface area contributed by atoms with Crippen molar-refractivity contribution in [1.29, 1.82) is 0 Å². The van der Waals surface area contributed by atoms with E-state index in [1.165, 1.54) is 6.42 Å². The predicted molar refractivity (Wildman–Crippen MR) is 138 cm³/mol. The highest BCUT2D eigenvalue weighted by molar-refractivity contribution is 6.00. The summed E-state index contributed by atoms with van der Waals surface area (Å²) in [5.41, 5.74) is 1.17. The highest BCUT2D eigenvalue weighted by Gasteiger charge is 2.54. The number of rotatable bonds is 9. The Hall–Kier alpha value is -2.94. The second-order valence-electron chi connectivity index (χ2n) is 10.9. The van der Waals surface area contributed by atoms with Gasteiger partial charge in [-0.2, -0.15) is 5.10 Å². The smallest absolute Gasteiger partial charge is 0.270 e. The molecule has 9 nitrogen and oxygen atoms in total. The number of amides is 2. The molecule has 2 saturated carbocycles. The fourth-order valence-corrected chi connectivity index (χ4v) is 5.85. The van der Waals surface area contributed by atoms with Crippen LogP contribution in [0.4, 0.5) is 11.5 Å². The third kappa shape index (κ3) is 4.98. The van der Waals surface area contributed by atoms with E-state index in [1.807, 2.05) is 12.1 Å². The SMILES string of the molecule is CC[C@@H]1COCCN1c1ccc(NC(=O)[C@@H](NC(=O)c2ccnn2C)C(C2CCC2)C2(C)CC2)cn1. The van der Waals surface area contributed by atoms with Gasteiger partial charge in [0.15, 0.2) is 0 Å². The molecular weight excluding hydrogens is 456 g/mol. The average molecular weight is 495 g/mol. The van der Waals surface area contributed by atoms with Gasteiger partial charge >= 0.3 is 0 Å². The highest BCUT2D eigenvalue weighted by atomic mass is 16.5. The summed E-state index contributed by atoms with van der Waals surface area (Å²) in [5.74, 6) is 1.00. The maximum Gasteiger partial charge on any atom is 0.270 e. The summed E-state index contributed by atoms with van der Waals surface area (Å²) in [7, 11) is 1.74. The van der Waals surface area contributed by atoms with Gasteiger partial charge in [-0.1, -0.05) is 33.1 Å². The molecule has 0 aromatic carbocycles. The van der Waals surface area contributed by atoms with E-state index in [9.17, 15) is 9.59 Å². The van der Waals surface area contributed by atoms with Crippen molar-refractivity contribution in [3.63, 3.8) is 0 Å². The Bertz CT molecular complexity index is 1080. The van der Waals surface area contributed by atoms with Crippen LogP contribution >= 0.6 is 0 Å². The number of carbonyl (C=O) groups excluding carboxylic acids is 2. The monoisotopic (exact) mass is 494 g/mol. The van der Waals surface area contributed by atoms with E-state index in [4.69, 9.17) is 4.74 Å². The molecule has 2 aromatic heterocycles.